The van der Waals surface area contributed by atoms with Crippen LogP contribution in [-0.4, -0.2) is 4.92 Å². The van der Waals surface area contributed by atoms with Gasteiger partial charge in [-0.3, -0.25) is 10.1 Å². The van der Waals surface area contributed by atoms with E-state index in [1.807, 2.05) is 0 Å². The van der Waals surface area contributed by atoms with Gasteiger partial charge in [0.15, 0.2) is 0 Å². The molecule has 12 heavy (non-hydrogen) atoms. The lowest BCUT2D eigenvalue weighted by molar-refractivity contribution is -0.388. The summed E-state index contributed by atoms with van der Waals surface area (Å²) >= 11 is 7.14. The van der Waals surface area contributed by atoms with Gasteiger partial charge >= 0.3 is 0 Å². The van der Waals surface area contributed by atoms with Gasteiger partial charge in [-0.15, -0.1) is 12.6 Å². The van der Waals surface area contributed by atoms with Gasteiger partial charge in [-0.25, -0.2) is 0 Å². The smallest absolute Gasteiger partial charge is 0.258 e. The first-order chi connectivity index (χ1) is 5.54. The molecular formula is C7H6BrNO2S. The second kappa shape index (κ2) is 3.45. The maximum Gasteiger partial charge on any atom is 0.296 e. The van der Waals surface area contributed by atoms with E-state index in [2.05, 4.69) is 28.6 Å². The Labute approximate surface area is 83.5 Å². The molecule has 5 heteroatoms. The molecule has 0 spiro atoms. The Balaban J connectivity index is 3.43. The zero-order valence-corrected chi connectivity index (χ0v) is 8.72. The summed E-state index contributed by atoms with van der Waals surface area (Å²) in [7, 11) is 0. The van der Waals surface area contributed by atoms with Crippen molar-refractivity contribution < 1.29 is 4.92 Å². The van der Waals surface area contributed by atoms with Crippen LogP contribution in [0.5, 0.6) is 0 Å². The predicted molar refractivity (Wildman–Crippen MR) is 52.8 cm³/mol. The highest BCUT2D eigenvalue weighted by molar-refractivity contribution is 9.10. The fourth-order valence-corrected chi connectivity index (χ4v) is 1.73. The molecule has 1 rings (SSSR count). The standard InChI is InChI=1S/C7H6BrNO2S/c1-4-2-3-5(8)6(7(4)12)9(10)11/h2-3,12H,1H3. The number of rotatable bonds is 1. The number of benzene rings is 1. The fraction of sp³-hybridized carbons (Fsp3) is 0.143. The summed E-state index contributed by atoms with van der Waals surface area (Å²) in [6.45, 7) is 1.78. The van der Waals surface area contributed by atoms with Crippen LogP contribution in [0, 0.1) is 17.0 Å². The normalized spacial score (nSPS) is 9.92. The number of nitro groups is 1. The van der Waals surface area contributed by atoms with Gasteiger partial charge in [-0.05, 0) is 34.5 Å². The minimum Gasteiger partial charge on any atom is -0.258 e. The largest absolute Gasteiger partial charge is 0.296 e. The minimum atomic E-state index is -0.445. The molecule has 1 aromatic rings. The molecule has 0 bridgehead atoms. The van der Waals surface area contributed by atoms with Crippen molar-refractivity contribution in [2.45, 2.75) is 11.8 Å². The first-order valence-electron chi connectivity index (χ1n) is 3.16. The number of thiol groups is 1. The van der Waals surface area contributed by atoms with Crippen molar-refractivity contribution >= 4 is 34.2 Å². The Morgan fingerprint density at radius 2 is 2.17 bits per heavy atom. The van der Waals surface area contributed by atoms with Crippen molar-refractivity contribution in [3.63, 3.8) is 0 Å². The molecule has 0 unspecified atom stereocenters. The molecule has 0 atom stereocenters. The molecule has 0 aliphatic heterocycles. The highest BCUT2D eigenvalue weighted by Gasteiger charge is 2.17. The first-order valence-corrected chi connectivity index (χ1v) is 4.40. The molecule has 0 aliphatic rings. The highest BCUT2D eigenvalue weighted by atomic mass is 79.9. The molecular weight excluding hydrogens is 242 g/mol. The SMILES string of the molecule is Cc1ccc(Br)c([N+](=O)[O-])c1S. The topological polar surface area (TPSA) is 43.1 Å². The Morgan fingerprint density at radius 1 is 1.58 bits per heavy atom. The van der Waals surface area contributed by atoms with Crippen LogP contribution in [0.2, 0.25) is 0 Å². The number of hydrogen-bond acceptors (Lipinski definition) is 3. The molecule has 0 fully saturated rings. The van der Waals surface area contributed by atoms with Crippen LogP contribution in [0.15, 0.2) is 21.5 Å². The molecule has 0 heterocycles. The van der Waals surface area contributed by atoms with Crippen LogP contribution in [0.3, 0.4) is 0 Å². The second-order valence-electron chi connectivity index (χ2n) is 2.32. The quantitative estimate of drug-likeness (QED) is 0.471. The molecule has 3 nitrogen and oxygen atoms in total. The molecule has 0 saturated carbocycles. The van der Waals surface area contributed by atoms with Gasteiger partial charge in [0, 0.05) is 0 Å². The van der Waals surface area contributed by atoms with E-state index in [0.717, 1.165) is 5.56 Å². The van der Waals surface area contributed by atoms with Gasteiger partial charge in [0.25, 0.3) is 5.69 Å². The molecule has 0 N–H and O–H groups in total. The minimum absolute atomic E-state index is 0.0262. The second-order valence-corrected chi connectivity index (χ2v) is 3.62. The van der Waals surface area contributed by atoms with Crippen molar-refractivity contribution in [3.8, 4) is 0 Å². The van der Waals surface area contributed by atoms with E-state index in [1.54, 1.807) is 19.1 Å². The summed E-state index contributed by atoms with van der Waals surface area (Å²) in [5, 5.41) is 10.5. The summed E-state index contributed by atoms with van der Waals surface area (Å²) < 4.78 is 0.461. The van der Waals surface area contributed by atoms with Gasteiger partial charge in [0.05, 0.1) is 14.3 Å². The monoisotopic (exact) mass is 247 g/mol. The van der Waals surface area contributed by atoms with Gasteiger partial charge in [0.2, 0.25) is 0 Å². The Bertz CT molecular complexity index is 340. The summed E-state index contributed by atoms with van der Waals surface area (Å²) in [4.78, 5) is 10.5. The van der Waals surface area contributed by atoms with Crippen LogP contribution in [0.25, 0.3) is 0 Å². The summed E-state index contributed by atoms with van der Waals surface area (Å²) in [6.07, 6.45) is 0. The average Bonchev–Trinajstić information content (AvgIpc) is 1.97. The molecule has 0 aromatic heterocycles. The lowest BCUT2D eigenvalue weighted by Gasteiger charge is -2.01. The fourth-order valence-electron chi connectivity index (χ4n) is 0.830. The average molecular weight is 248 g/mol. The van der Waals surface area contributed by atoms with Gasteiger partial charge in [-0.1, -0.05) is 6.07 Å². The molecule has 0 aliphatic carbocycles. The van der Waals surface area contributed by atoms with Gasteiger partial charge in [0.1, 0.15) is 0 Å². The van der Waals surface area contributed by atoms with Crippen LogP contribution < -0.4 is 0 Å². The van der Waals surface area contributed by atoms with Crippen molar-refractivity contribution in [1.29, 1.82) is 0 Å². The Hall–Kier alpha value is -0.550. The third-order valence-electron chi connectivity index (χ3n) is 1.49. The van der Waals surface area contributed by atoms with Crippen LogP contribution in [-0.2, 0) is 0 Å². The van der Waals surface area contributed by atoms with Crippen LogP contribution in [0.4, 0.5) is 5.69 Å². The molecule has 0 amide bonds. The van der Waals surface area contributed by atoms with E-state index in [9.17, 15) is 10.1 Å². The van der Waals surface area contributed by atoms with Crippen LogP contribution >= 0.6 is 28.6 Å². The number of hydrogen-bond donors (Lipinski definition) is 1. The zero-order valence-electron chi connectivity index (χ0n) is 6.24. The van der Waals surface area contributed by atoms with E-state index < -0.39 is 4.92 Å². The third kappa shape index (κ3) is 1.61. The highest BCUT2D eigenvalue weighted by Crippen LogP contribution is 2.33. The van der Waals surface area contributed by atoms with E-state index in [-0.39, 0.29) is 5.69 Å². The zero-order chi connectivity index (χ0) is 9.30. The number of halogens is 1. The maximum atomic E-state index is 10.5. The summed E-state index contributed by atoms with van der Waals surface area (Å²) in [5.41, 5.74) is 0.826. The number of nitrogens with zero attached hydrogens (tertiary/aromatic N) is 1. The van der Waals surface area contributed by atoms with E-state index in [4.69, 9.17) is 0 Å². The molecule has 1 aromatic carbocycles. The van der Waals surface area contributed by atoms with Crippen molar-refractivity contribution in [2.24, 2.45) is 0 Å². The van der Waals surface area contributed by atoms with E-state index >= 15 is 0 Å². The number of aryl methyl sites for hydroxylation is 1. The van der Waals surface area contributed by atoms with E-state index in [0.29, 0.717) is 9.37 Å². The lowest BCUT2D eigenvalue weighted by Crippen LogP contribution is -1.92. The third-order valence-corrected chi connectivity index (χ3v) is 2.69. The Kier molecular flexibility index (Phi) is 2.74. The van der Waals surface area contributed by atoms with Crippen molar-refractivity contribution in [1.82, 2.24) is 0 Å². The van der Waals surface area contributed by atoms with Crippen molar-refractivity contribution in [3.05, 3.63) is 32.3 Å². The maximum absolute atomic E-state index is 10.5. The molecule has 64 valence electrons. The van der Waals surface area contributed by atoms with E-state index in [1.165, 1.54) is 0 Å². The van der Waals surface area contributed by atoms with Crippen molar-refractivity contribution in [2.75, 3.05) is 0 Å². The van der Waals surface area contributed by atoms with Gasteiger partial charge in [-0.2, -0.15) is 0 Å². The number of nitro benzene ring substituents is 1. The predicted octanol–water partition coefficient (Wildman–Crippen LogP) is 2.95. The first kappa shape index (κ1) is 9.54. The molecule has 0 radical (unpaired) electrons. The van der Waals surface area contributed by atoms with Crippen LogP contribution in [0.1, 0.15) is 5.56 Å². The van der Waals surface area contributed by atoms with Gasteiger partial charge < -0.3 is 0 Å². The molecule has 0 saturated heterocycles. The summed E-state index contributed by atoms with van der Waals surface area (Å²) in [5.74, 6) is 0. The lowest BCUT2D eigenvalue weighted by atomic mass is 10.2. The summed E-state index contributed by atoms with van der Waals surface area (Å²) in [6, 6.07) is 3.42. The Morgan fingerprint density at radius 3 is 2.58 bits per heavy atom.